The number of fused-ring (bicyclic) bond motifs is 2. The third kappa shape index (κ3) is 0.744. The summed E-state index contributed by atoms with van der Waals surface area (Å²) in [6, 6.07) is 7.56. The van der Waals surface area contributed by atoms with Crippen LogP contribution in [0.2, 0.25) is 0 Å². The van der Waals surface area contributed by atoms with Crippen molar-refractivity contribution in [3.8, 4) is 0 Å². The van der Waals surface area contributed by atoms with Crippen molar-refractivity contribution in [2.45, 2.75) is 0 Å². The first-order valence-corrected chi connectivity index (χ1v) is 4.51. The SMILES string of the molecule is CN1COC2=C1C(=O)c1ccccc12. The van der Waals surface area contributed by atoms with Crippen LogP contribution >= 0.6 is 0 Å². The van der Waals surface area contributed by atoms with Gasteiger partial charge < -0.3 is 9.64 Å². The van der Waals surface area contributed by atoms with Gasteiger partial charge in [0, 0.05) is 18.2 Å². The second-order valence-electron chi connectivity index (χ2n) is 3.52. The number of nitrogens with zero attached hydrogens (tertiary/aromatic N) is 1. The van der Waals surface area contributed by atoms with E-state index in [9.17, 15) is 4.79 Å². The maximum Gasteiger partial charge on any atom is 0.213 e. The molecule has 0 bridgehead atoms. The molecule has 0 atom stereocenters. The van der Waals surface area contributed by atoms with E-state index >= 15 is 0 Å². The summed E-state index contributed by atoms with van der Waals surface area (Å²) < 4.78 is 5.47. The zero-order chi connectivity index (χ0) is 9.71. The molecule has 0 N–H and O–H groups in total. The first kappa shape index (κ1) is 7.62. The number of hydrogen-bond donors (Lipinski definition) is 0. The number of ether oxygens (including phenoxy) is 1. The molecule has 0 fully saturated rings. The summed E-state index contributed by atoms with van der Waals surface area (Å²) in [5.41, 5.74) is 2.38. The van der Waals surface area contributed by atoms with Crippen molar-refractivity contribution in [3.05, 3.63) is 41.1 Å². The average molecular weight is 187 g/mol. The van der Waals surface area contributed by atoms with Crippen LogP contribution in [0, 0.1) is 0 Å². The normalized spacial score (nSPS) is 18.4. The van der Waals surface area contributed by atoms with Crippen LogP contribution in [0.5, 0.6) is 0 Å². The third-order valence-electron chi connectivity index (χ3n) is 2.63. The summed E-state index contributed by atoms with van der Waals surface area (Å²) in [4.78, 5) is 13.8. The van der Waals surface area contributed by atoms with Crippen molar-refractivity contribution in [2.75, 3.05) is 13.8 Å². The lowest BCUT2D eigenvalue weighted by Crippen LogP contribution is -2.19. The maximum atomic E-state index is 11.9. The molecule has 0 radical (unpaired) electrons. The number of benzene rings is 1. The Morgan fingerprint density at radius 1 is 1.29 bits per heavy atom. The molecule has 1 aliphatic carbocycles. The molecule has 1 heterocycles. The van der Waals surface area contributed by atoms with Gasteiger partial charge in [-0.15, -0.1) is 0 Å². The second kappa shape index (κ2) is 2.38. The lowest BCUT2D eigenvalue weighted by molar-refractivity contribution is 0.0991. The Hall–Kier alpha value is -1.77. The van der Waals surface area contributed by atoms with E-state index in [2.05, 4.69) is 0 Å². The van der Waals surface area contributed by atoms with Gasteiger partial charge in [0.25, 0.3) is 0 Å². The van der Waals surface area contributed by atoms with E-state index in [1.807, 2.05) is 36.2 Å². The van der Waals surface area contributed by atoms with Crippen LogP contribution in [0.25, 0.3) is 5.76 Å². The molecule has 70 valence electrons. The Balaban J connectivity index is 2.26. The number of hydrogen-bond acceptors (Lipinski definition) is 3. The molecule has 0 unspecified atom stereocenters. The average Bonchev–Trinajstić information content (AvgIpc) is 2.70. The minimum atomic E-state index is 0.0793. The van der Waals surface area contributed by atoms with E-state index in [0.717, 1.165) is 16.9 Å². The van der Waals surface area contributed by atoms with Gasteiger partial charge in [-0.25, -0.2) is 0 Å². The summed E-state index contributed by atoms with van der Waals surface area (Å²) in [6.07, 6.45) is 0. The van der Waals surface area contributed by atoms with Crippen molar-refractivity contribution < 1.29 is 9.53 Å². The Morgan fingerprint density at radius 2 is 2.00 bits per heavy atom. The summed E-state index contributed by atoms with van der Waals surface area (Å²) in [5, 5.41) is 0. The number of carbonyl (C=O) groups is 1. The lowest BCUT2D eigenvalue weighted by atomic mass is 10.1. The number of likely N-dealkylation sites (N-methyl/N-ethyl adjacent to an activating group) is 1. The summed E-state index contributed by atoms with van der Waals surface area (Å²) in [6.45, 7) is 0.477. The van der Waals surface area contributed by atoms with Gasteiger partial charge >= 0.3 is 0 Å². The highest BCUT2D eigenvalue weighted by Gasteiger charge is 2.36. The van der Waals surface area contributed by atoms with Gasteiger partial charge in [0.1, 0.15) is 5.70 Å². The minimum absolute atomic E-state index is 0.0793. The molecule has 3 rings (SSSR count). The molecule has 0 aromatic heterocycles. The lowest BCUT2D eigenvalue weighted by Gasteiger charge is -2.11. The van der Waals surface area contributed by atoms with E-state index in [0.29, 0.717) is 12.4 Å². The van der Waals surface area contributed by atoms with Crippen LogP contribution in [0.3, 0.4) is 0 Å². The van der Waals surface area contributed by atoms with Gasteiger partial charge in [0.05, 0.1) is 0 Å². The van der Waals surface area contributed by atoms with Crippen molar-refractivity contribution in [3.63, 3.8) is 0 Å². The van der Waals surface area contributed by atoms with E-state index in [1.54, 1.807) is 0 Å². The van der Waals surface area contributed by atoms with Gasteiger partial charge in [0.15, 0.2) is 12.5 Å². The molecule has 3 heteroatoms. The molecular formula is C11H9NO2. The second-order valence-corrected chi connectivity index (χ2v) is 3.52. The van der Waals surface area contributed by atoms with Crippen LogP contribution in [0.1, 0.15) is 15.9 Å². The number of rotatable bonds is 0. The predicted octanol–water partition coefficient (Wildman–Crippen LogP) is 1.47. The Morgan fingerprint density at radius 3 is 2.79 bits per heavy atom. The zero-order valence-electron chi connectivity index (χ0n) is 7.78. The zero-order valence-corrected chi connectivity index (χ0v) is 7.78. The Bertz CT molecular complexity index is 462. The molecule has 0 saturated heterocycles. The Labute approximate surface area is 81.6 Å². The first-order valence-electron chi connectivity index (χ1n) is 4.51. The van der Waals surface area contributed by atoms with E-state index in [4.69, 9.17) is 4.74 Å². The molecule has 0 spiro atoms. The van der Waals surface area contributed by atoms with Crippen LogP contribution in [0.4, 0.5) is 0 Å². The van der Waals surface area contributed by atoms with Gasteiger partial charge in [-0.3, -0.25) is 4.79 Å². The van der Waals surface area contributed by atoms with Gasteiger partial charge in [0.2, 0.25) is 5.78 Å². The highest BCUT2D eigenvalue weighted by molar-refractivity contribution is 6.19. The molecule has 0 amide bonds. The summed E-state index contributed by atoms with van der Waals surface area (Å²) >= 11 is 0. The topological polar surface area (TPSA) is 29.5 Å². The fourth-order valence-electron chi connectivity index (χ4n) is 1.96. The Kier molecular flexibility index (Phi) is 1.29. The van der Waals surface area contributed by atoms with Gasteiger partial charge in [-0.1, -0.05) is 24.3 Å². The summed E-state index contributed by atoms with van der Waals surface area (Å²) in [7, 11) is 1.87. The largest absolute Gasteiger partial charge is 0.470 e. The summed E-state index contributed by atoms with van der Waals surface area (Å²) in [5.74, 6) is 0.823. The number of Topliss-reactive ketones (excluding diaryl/α,β-unsaturated/α-hetero) is 1. The van der Waals surface area contributed by atoms with Gasteiger partial charge in [-0.05, 0) is 0 Å². The molecular weight excluding hydrogens is 178 g/mol. The molecule has 1 aromatic carbocycles. The maximum absolute atomic E-state index is 11.9. The highest BCUT2D eigenvalue weighted by atomic mass is 16.5. The molecule has 14 heavy (non-hydrogen) atoms. The van der Waals surface area contributed by atoms with Crippen LogP contribution in [0.15, 0.2) is 30.0 Å². The highest BCUT2D eigenvalue weighted by Crippen LogP contribution is 2.38. The van der Waals surface area contributed by atoms with Crippen molar-refractivity contribution in [2.24, 2.45) is 0 Å². The van der Waals surface area contributed by atoms with Crippen LogP contribution < -0.4 is 0 Å². The molecule has 2 aliphatic rings. The number of carbonyl (C=O) groups excluding carboxylic acids is 1. The molecule has 0 saturated carbocycles. The van der Waals surface area contributed by atoms with E-state index in [-0.39, 0.29) is 5.78 Å². The standard InChI is InChI=1S/C11H9NO2/c1-12-6-14-11-8-5-3-2-4-7(8)10(13)9(11)12/h2-5H,6H2,1H3. The van der Waals surface area contributed by atoms with Crippen molar-refractivity contribution in [1.82, 2.24) is 4.90 Å². The number of allylic oxidation sites excluding steroid dienone is 1. The van der Waals surface area contributed by atoms with Crippen molar-refractivity contribution >= 4 is 11.5 Å². The monoisotopic (exact) mass is 187 g/mol. The fourth-order valence-corrected chi connectivity index (χ4v) is 1.96. The van der Waals surface area contributed by atoms with Gasteiger partial charge in [-0.2, -0.15) is 0 Å². The quantitative estimate of drug-likeness (QED) is 0.616. The van der Waals surface area contributed by atoms with Crippen LogP contribution in [-0.2, 0) is 4.74 Å². The van der Waals surface area contributed by atoms with E-state index < -0.39 is 0 Å². The number of ketones is 1. The first-order chi connectivity index (χ1) is 6.79. The smallest absolute Gasteiger partial charge is 0.213 e. The van der Waals surface area contributed by atoms with Crippen LogP contribution in [-0.4, -0.2) is 24.5 Å². The fraction of sp³-hybridized carbons (Fsp3) is 0.182. The molecule has 1 aromatic rings. The van der Waals surface area contributed by atoms with E-state index in [1.165, 1.54) is 0 Å². The minimum Gasteiger partial charge on any atom is -0.470 e. The molecule has 3 nitrogen and oxygen atoms in total. The van der Waals surface area contributed by atoms with Crippen molar-refractivity contribution in [1.29, 1.82) is 0 Å². The third-order valence-corrected chi connectivity index (χ3v) is 2.63. The predicted molar refractivity (Wildman–Crippen MR) is 51.4 cm³/mol. The molecule has 1 aliphatic heterocycles.